The van der Waals surface area contributed by atoms with Gasteiger partial charge in [-0.1, -0.05) is 28.1 Å². The molecule has 2 rings (SSSR count). The largest absolute Gasteiger partial charge is 0.381 e. The fraction of sp³-hybridized carbons (Fsp3) is 0.500. The van der Waals surface area contributed by atoms with E-state index in [9.17, 15) is 0 Å². The molecule has 0 amide bonds. The van der Waals surface area contributed by atoms with E-state index in [1.54, 1.807) is 0 Å². The minimum Gasteiger partial charge on any atom is -0.381 e. The molecule has 1 heterocycles. The van der Waals surface area contributed by atoms with Crippen LogP contribution in [0.15, 0.2) is 28.7 Å². The summed E-state index contributed by atoms with van der Waals surface area (Å²) < 4.78 is 6.66. The van der Waals surface area contributed by atoms with Crippen molar-refractivity contribution in [2.45, 2.75) is 12.3 Å². The smallest absolute Gasteiger partial charge is 0.0537 e. The van der Waals surface area contributed by atoms with E-state index in [1.807, 2.05) is 6.07 Å². The van der Waals surface area contributed by atoms with Crippen LogP contribution >= 0.6 is 15.9 Å². The van der Waals surface area contributed by atoms with Crippen molar-refractivity contribution in [2.24, 2.45) is 11.7 Å². The standard InChI is InChI=1S/C12H16BrNO/c13-11-3-1-2-9(6-11)12-8-15-5-4-10(12)7-14/h1-3,6,10,12H,4-5,7-8,14H2. The zero-order chi connectivity index (χ0) is 10.7. The van der Waals surface area contributed by atoms with E-state index in [1.165, 1.54) is 5.56 Å². The van der Waals surface area contributed by atoms with Gasteiger partial charge in [0, 0.05) is 17.0 Å². The normalized spacial score (nSPS) is 26.5. The van der Waals surface area contributed by atoms with E-state index in [4.69, 9.17) is 10.5 Å². The van der Waals surface area contributed by atoms with Gasteiger partial charge in [-0.15, -0.1) is 0 Å². The summed E-state index contributed by atoms with van der Waals surface area (Å²) in [4.78, 5) is 0. The average Bonchev–Trinajstić information content (AvgIpc) is 2.29. The molecule has 2 unspecified atom stereocenters. The Morgan fingerprint density at radius 1 is 1.47 bits per heavy atom. The molecule has 2 N–H and O–H groups in total. The van der Waals surface area contributed by atoms with Crippen LogP contribution in [0.5, 0.6) is 0 Å². The van der Waals surface area contributed by atoms with E-state index in [0.29, 0.717) is 11.8 Å². The van der Waals surface area contributed by atoms with Gasteiger partial charge >= 0.3 is 0 Å². The fourth-order valence-electron chi connectivity index (χ4n) is 2.17. The predicted octanol–water partition coefficient (Wildman–Crippen LogP) is 2.53. The number of nitrogens with two attached hydrogens (primary N) is 1. The fourth-order valence-corrected chi connectivity index (χ4v) is 2.59. The molecule has 1 aliphatic heterocycles. The Kier molecular flexibility index (Phi) is 3.78. The van der Waals surface area contributed by atoms with Gasteiger partial charge in [-0.3, -0.25) is 0 Å². The minimum absolute atomic E-state index is 0.459. The summed E-state index contributed by atoms with van der Waals surface area (Å²) in [5.41, 5.74) is 7.13. The summed E-state index contributed by atoms with van der Waals surface area (Å²) in [6.45, 7) is 2.41. The summed E-state index contributed by atoms with van der Waals surface area (Å²) in [7, 11) is 0. The first-order valence-electron chi connectivity index (χ1n) is 5.34. The third-order valence-electron chi connectivity index (χ3n) is 3.08. The van der Waals surface area contributed by atoms with Crippen molar-refractivity contribution >= 4 is 15.9 Å². The Bertz CT molecular complexity index is 329. The zero-order valence-electron chi connectivity index (χ0n) is 8.66. The summed E-state index contributed by atoms with van der Waals surface area (Å²) in [6.07, 6.45) is 1.08. The van der Waals surface area contributed by atoms with Crippen LogP contribution < -0.4 is 5.73 Å². The van der Waals surface area contributed by atoms with Crippen LogP contribution in [-0.2, 0) is 4.74 Å². The predicted molar refractivity (Wildman–Crippen MR) is 64.9 cm³/mol. The summed E-state index contributed by atoms with van der Waals surface area (Å²) in [5, 5.41) is 0. The highest BCUT2D eigenvalue weighted by Gasteiger charge is 2.25. The van der Waals surface area contributed by atoms with Crippen LogP contribution in [0.2, 0.25) is 0 Å². The van der Waals surface area contributed by atoms with Crippen molar-refractivity contribution in [2.75, 3.05) is 19.8 Å². The minimum atomic E-state index is 0.459. The van der Waals surface area contributed by atoms with E-state index in [-0.39, 0.29) is 0 Å². The SMILES string of the molecule is NCC1CCOCC1c1cccc(Br)c1. The molecule has 1 aromatic carbocycles. The van der Waals surface area contributed by atoms with Crippen molar-refractivity contribution in [1.82, 2.24) is 0 Å². The van der Waals surface area contributed by atoms with Crippen LogP contribution in [0, 0.1) is 5.92 Å². The average molecular weight is 270 g/mol. The van der Waals surface area contributed by atoms with E-state index in [0.717, 1.165) is 30.7 Å². The Morgan fingerprint density at radius 3 is 3.07 bits per heavy atom. The van der Waals surface area contributed by atoms with Crippen molar-refractivity contribution in [3.05, 3.63) is 34.3 Å². The van der Waals surface area contributed by atoms with Crippen LogP contribution in [0.25, 0.3) is 0 Å². The van der Waals surface area contributed by atoms with Crippen molar-refractivity contribution in [1.29, 1.82) is 0 Å². The van der Waals surface area contributed by atoms with Gasteiger partial charge in [-0.05, 0) is 36.6 Å². The molecule has 15 heavy (non-hydrogen) atoms. The monoisotopic (exact) mass is 269 g/mol. The van der Waals surface area contributed by atoms with Gasteiger partial charge in [0.1, 0.15) is 0 Å². The summed E-state index contributed by atoms with van der Waals surface area (Å²) >= 11 is 3.50. The molecular weight excluding hydrogens is 254 g/mol. The van der Waals surface area contributed by atoms with Gasteiger partial charge in [0.25, 0.3) is 0 Å². The number of halogens is 1. The highest BCUT2D eigenvalue weighted by molar-refractivity contribution is 9.10. The zero-order valence-corrected chi connectivity index (χ0v) is 10.2. The summed E-state index contributed by atoms with van der Waals surface area (Å²) in [5.74, 6) is 1.02. The molecular formula is C12H16BrNO. The molecule has 3 heteroatoms. The second-order valence-corrected chi connectivity index (χ2v) is 4.94. The molecule has 0 radical (unpaired) electrons. The molecule has 0 aromatic heterocycles. The lowest BCUT2D eigenvalue weighted by Gasteiger charge is -2.31. The number of hydrogen-bond acceptors (Lipinski definition) is 2. The molecule has 1 aromatic rings. The van der Waals surface area contributed by atoms with E-state index in [2.05, 4.69) is 34.1 Å². The van der Waals surface area contributed by atoms with Crippen LogP contribution in [0.1, 0.15) is 17.9 Å². The topological polar surface area (TPSA) is 35.2 Å². The van der Waals surface area contributed by atoms with Crippen LogP contribution in [0.4, 0.5) is 0 Å². The van der Waals surface area contributed by atoms with Crippen LogP contribution in [0.3, 0.4) is 0 Å². The molecule has 1 fully saturated rings. The molecule has 0 bridgehead atoms. The maximum atomic E-state index is 5.80. The molecule has 1 aliphatic rings. The lowest BCUT2D eigenvalue weighted by molar-refractivity contribution is 0.0494. The lowest BCUT2D eigenvalue weighted by Crippen LogP contribution is -2.31. The van der Waals surface area contributed by atoms with Crippen LogP contribution in [-0.4, -0.2) is 19.8 Å². The van der Waals surface area contributed by atoms with Gasteiger partial charge in [0.05, 0.1) is 6.61 Å². The molecule has 0 spiro atoms. The first kappa shape index (κ1) is 11.1. The molecule has 0 saturated carbocycles. The number of rotatable bonds is 2. The van der Waals surface area contributed by atoms with Gasteiger partial charge in [-0.25, -0.2) is 0 Å². The molecule has 0 aliphatic carbocycles. The molecule has 2 nitrogen and oxygen atoms in total. The van der Waals surface area contributed by atoms with E-state index < -0.39 is 0 Å². The highest BCUT2D eigenvalue weighted by atomic mass is 79.9. The Labute approximate surface area is 98.9 Å². The first-order chi connectivity index (χ1) is 7.31. The second kappa shape index (κ2) is 5.10. The Morgan fingerprint density at radius 2 is 2.33 bits per heavy atom. The van der Waals surface area contributed by atoms with Crippen molar-refractivity contribution in [3.8, 4) is 0 Å². The Balaban J connectivity index is 2.20. The van der Waals surface area contributed by atoms with Gasteiger partial charge in [0.15, 0.2) is 0 Å². The highest BCUT2D eigenvalue weighted by Crippen LogP contribution is 2.31. The number of ether oxygens (including phenoxy) is 1. The Hall–Kier alpha value is -0.380. The first-order valence-corrected chi connectivity index (χ1v) is 6.14. The maximum Gasteiger partial charge on any atom is 0.0537 e. The molecule has 2 atom stereocenters. The third-order valence-corrected chi connectivity index (χ3v) is 3.57. The molecule has 82 valence electrons. The molecule has 1 saturated heterocycles. The second-order valence-electron chi connectivity index (χ2n) is 4.02. The van der Waals surface area contributed by atoms with E-state index >= 15 is 0 Å². The lowest BCUT2D eigenvalue weighted by atomic mass is 9.83. The third kappa shape index (κ3) is 2.60. The maximum absolute atomic E-state index is 5.80. The van der Waals surface area contributed by atoms with Crippen molar-refractivity contribution < 1.29 is 4.74 Å². The van der Waals surface area contributed by atoms with Gasteiger partial charge < -0.3 is 10.5 Å². The number of hydrogen-bond donors (Lipinski definition) is 1. The number of benzene rings is 1. The van der Waals surface area contributed by atoms with Gasteiger partial charge in [0.2, 0.25) is 0 Å². The van der Waals surface area contributed by atoms with Crippen molar-refractivity contribution in [3.63, 3.8) is 0 Å². The quantitative estimate of drug-likeness (QED) is 0.896. The summed E-state index contributed by atoms with van der Waals surface area (Å²) in [6, 6.07) is 8.45. The van der Waals surface area contributed by atoms with Gasteiger partial charge in [-0.2, -0.15) is 0 Å².